The van der Waals surface area contributed by atoms with E-state index >= 15 is 0 Å². The van der Waals surface area contributed by atoms with Gasteiger partial charge in [0.2, 0.25) is 5.91 Å². The molecule has 2 aromatic carbocycles. The molecule has 0 radical (unpaired) electrons. The van der Waals surface area contributed by atoms with E-state index in [0.717, 1.165) is 11.8 Å². The minimum absolute atomic E-state index is 0.0579. The van der Waals surface area contributed by atoms with E-state index < -0.39 is 10.0 Å². The minimum atomic E-state index is -3.90. The summed E-state index contributed by atoms with van der Waals surface area (Å²) in [4.78, 5) is 18.6. The Hall–Kier alpha value is -2.03. The summed E-state index contributed by atoms with van der Waals surface area (Å²) >= 11 is 7.01. The number of para-hydroxylation sites is 2. The largest absolute Gasteiger partial charge is 0.343 e. The number of fused-ring (bicyclic) bond motifs is 1. The first-order valence-electron chi connectivity index (χ1n) is 8.77. The predicted molar refractivity (Wildman–Crippen MR) is 112 cm³/mol. The maximum Gasteiger partial charge on any atom is 0.270 e. The quantitative estimate of drug-likeness (QED) is 0.524. The molecule has 0 unspecified atom stereocenters. The number of carbonyl (C=O) groups excluding carboxylic acids is 1. The van der Waals surface area contributed by atoms with E-state index in [-0.39, 0.29) is 21.7 Å². The number of nitrogens with zero attached hydrogens (tertiary/aromatic N) is 3. The SMILES string of the molecule is CCN(CC)C(=O)CSc1nc2ccccc2n1S(=O)(=O)c1ccc(Cl)cc1. The molecule has 148 valence electrons. The van der Waals surface area contributed by atoms with Crippen LogP contribution in [0, 0.1) is 0 Å². The number of amides is 1. The van der Waals surface area contributed by atoms with Crippen LogP contribution in [0.15, 0.2) is 58.6 Å². The van der Waals surface area contributed by atoms with Crippen molar-refractivity contribution in [3.05, 3.63) is 53.6 Å². The van der Waals surface area contributed by atoms with E-state index in [4.69, 9.17) is 11.6 Å². The third kappa shape index (κ3) is 4.04. The van der Waals surface area contributed by atoms with Gasteiger partial charge in [-0.25, -0.2) is 17.4 Å². The molecule has 0 spiro atoms. The third-order valence-corrected chi connectivity index (χ3v) is 7.29. The lowest BCUT2D eigenvalue weighted by Crippen LogP contribution is -2.32. The molecule has 6 nitrogen and oxygen atoms in total. The summed E-state index contributed by atoms with van der Waals surface area (Å²) in [6.45, 7) is 5.03. The maximum atomic E-state index is 13.3. The van der Waals surface area contributed by atoms with Gasteiger partial charge < -0.3 is 4.90 Å². The Morgan fingerprint density at radius 3 is 2.39 bits per heavy atom. The molecule has 0 fully saturated rings. The van der Waals surface area contributed by atoms with Crippen LogP contribution < -0.4 is 0 Å². The molecular weight excluding hydrogens is 418 g/mol. The number of hydrogen-bond acceptors (Lipinski definition) is 5. The van der Waals surface area contributed by atoms with Gasteiger partial charge in [0.15, 0.2) is 5.16 Å². The van der Waals surface area contributed by atoms with Crippen LogP contribution >= 0.6 is 23.4 Å². The van der Waals surface area contributed by atoms with Crippen LogP contribution in [0.3, 0.4) is 0 Å². The van der Waals surface area contributed by atoms with Gasteiger partial charge >= 0.3 is 0 Å². The zero-order valence-corrected chi connectivity index (χ0v) is 17.9. The van der Waals surface area contributed by atoms with E-state index in [1.807, 2.05) is 13.8 Å². The van der Waals surface area contributed by atoms with Crippen LogP contribution in [0.1, 0.15) is 13.8 Å². The number of halogens is 1. The van der Waals surface area contributed by atoms with E-state index in [9.17, 15) is 13.2 Å². The first kappa shape index (κ1) is 20.7. The van der Waals surface area contributed by atoms with Crippen LogP contribution in [0.2, 0.25) is 5.02 Å². The summed E-state index contributed by atoms with van der Waals surface area (Å²) in [6.07, 6.45) is 0. The maximum absolute atomic E-state index is 13.3. The molecule has 0 aliphatic rings. The number of hydrogen-bond donors (Lipinski definition) is 0. The summed E-state index contributed by atoms with van der Waals surface area (Å²) in [5.74, 6) is 0.0544. The van der Waals surface area contributed by atoms with Gasteiger partial charge in [0, 0.05) is 18.1 Å². The molecule has 1 aromatic heterocycles. The van der Waals surface area contributed by atoms with Gasteiger partial charge in [-0.2, -0.15) is 0 Å². The first-order valence-corrected chi connectivity index (χ1v) is 11.6. The first-order chi connectivity index (χ1) is 13.4. The van der Waals surface area contributed by atoms with E-state index in [0.29, 0.717) is 29.1 Å². The van der Waals surface area contributed by atoms with Crippen molar-refractivity contribution in [2.45, 2.75) is 23.9 Å². The lowest BCUT2D eigenvalue weighted by atomic mass is 10.3. The Balaban J connectivity index is 2.05. The normalized spacial score (nSPS) is 11.7. The second kappa shape index (κ2) is 8.55. The number of imidazole rings is 1. The average molecular weight is 438 g/mol. The Morgan fingerprint density at radius 1 is 1.11 bits per heavy atom. The van der Waals surface area contributed by atoms with Crippen LogP contribution in [0.25, 0.3) is 11.0 Å². The Labute approximate surface area is 173 Å². The van der Waals surface area contributed by atoms with Gasteiger partial charge in [0.05, 0.1) is 21.7 Å². The molecule has 28 heavy (non-hydrogen) atoms. The monoisotopic (exact) mass is 437 g/mol. The van der Waals surface area contributed by atoms with Crippen molar-refractivity contribution >= 4 is 50.3 Å². The van der Waals surface area contributed by atoms with Gasteiger partial charge in [-0.3, -0.25) is 4.79 Å². The lowest BCUT2D eigenvalue weighted by Gasteiger charge is -2.18. The summed E-state index contributed by atoms with van der Waals surface area (Å²) in [7, 11) is -3.90. The van der Waals surface area contributed by atoms with Crippen molar-refractivity contribution in [2.24, 2.45) is 0 Å². The predicted octanol–water partition coefficient (Wildman–Crippen LogP) is 3.89. The Kier molecular flexibility index (Phi) is 6.32. The molecule has 0 saturated carbocycles. The molecule has 3 aromatic rings. The fourth-order valence-electron chi connectivity index (χ4n) is 2.81. The van der Waals surface area contributed by atoms with E-state index in [1.165, 1.54) is 28.2 Å². The van der Waals surface area contributed by atoms with Crippen molar-refractivity contribution in [1.29, 1.82) is 0 Å². The highest BCUT2D eigenvalue weighted by Crippen LogP contribution is 2.29. The zero-order chi connectivity index (χ0) is 20.3. The van der Waals surface area contributed by atoms with Crippen LogP contribution in [0.4, 0.5) is 0 Å². The summed E-state index contributed by atoms with van der Waals surface area (Å²) < 4.78 is 27.8. The molecule has 1 amide bonds. The van der Waals surface area contributed by atoms with E-state index in [2.05, 4.69) is 4.98 Å². The number of aromatic nitrogens is 2. The van der Waals surface area contributed by atoms with Crippen molar-refractivity contribution < 1.29 is 13.2 Å². The second-order valence-corrected chi connectivity index (χ2v) is 9.13. The number of benzene rings is 2. The molecule has 0 N–H and O–H groups in total. The second-order valence-electron chi connectivity index (χ2n) is 5.96. The summed E-state index contributed by atoms with van der Waals surface area (Å²) in [6, 6.07) is 13.0. The number of thioether (sulfide) groups is 1. The molecular formula is C19H20ClN3O3S2. The third-order valence-electron chi connectivity index (χ3n) is 4.28. The van der Waals surface area contributed by atoms with Crippen molar-refractivity contribution in [1.82, 2.24) is 13.9 Å². The molecule has 0 aliphatic carbocycles. The zero-order valence-electron chi connectivity index (χ0n) is 15.5. The molecule has 0 aliphatic heterocycles. The molecule has 3 rings (SSSR count). The van der Waals surface area contributed by atoms with Gasteiger partial charge in [-0.05, 0) is 50.2 Å². The topological polar surface area (TPSA) is 72.3 Å². The molecule has 0 atom stereocenters. The van der Waals surface area contributed by atoms with Gasteiger partial charge in [0.1, 0.15) is 0 Å². The average Bonchev–Trinajstić information content (AvgIpc) is 3.07. The fraction of sp³-hybridized carbons (Fsp3) is 0.263. The Bertz CT molecular complexity index is 1090. The highest BCUT2D eigenvalue weighted by Gasteiger charge is 2.25. The molecule has 0 saturated heterocycles. The lowest BCUT2D eigenvalue weighted by molar-refractivity contribution is -0.127. The minimum Gasteiger partial charge on any atom is -0.343 e. The summed E-state index contributed by atoms with van der Waals surface area (Å²) in [5.41, 5.74) is 1.02. The molecule has 0 bridgehead atoms. The van der Waals surface area contributed by atoms with E-state index in [1.54, 1.807) is 29.2 Å². The number of rotatable bonds is 7. The van der Waals surface area contributed by atoms with Crippen LogP contribution in [-0.4, -0.2) is 47.0 Å². The summed E-state index contributed by atoms with van der Waals surface area (Å²) in [5, 5.41) is 0.713. The van der Waals surface area contributed by atoms with Crippen molar-refractivity contribution in [2.75, 3.05) is 18.8 Å². The highest BCUT2D eigenvalue weighted by molar-refractivity contribution is 8.00. The van der Waals surface area contributed by atoms with Gasteiger partial charge in [-0.1, -0.05) is 35.5 Å². The Morgan fingerprint density at radius 2 is 1.75 bits per heavy atom. The van der Waals surface area contributed by atoms with Gasteiger partial charge in [-0.15, -0.1) is 0 Å². The van der Waals surface area contributed by atoms with Gasteiger partial charge in [0.25, 0.3) is 10.0 Å². The fourth-order valence-corrected chi connectivity index (χ4v) is 5.55. The highest BCUT2D eigenvalue weighted by atomic mass is 35.5. The van der Waals surface area contributed by atoms with Crippen LogP contribution in [0.5, 0.6) is 0 Å². The molecule has 9 heteroatoms. The van der Waals surface area contributed by atoms with Crippen LogP contribution in [-0.2, 0) is 14.8 Å². The standard InChI is InChI=1S/C19H20ClN3O3S2/c1-3-22(4-2)18(24)13-27-19-21-16-7-5-6-8-17(16)23(19)28(25,26)15-11-9-14(20)10-12-15/h5-12H,3-4,13H2,1-2H3. The van der Waals surface area contributed by atoms with Crippen molar-refractivity contribution in [3.63, 3.8) is 0 Å². The number of carbonyl (C=O) groups is 1. The molecule has 1 heterocycles. The smallest absolute Gasteiger partial charge is 0.270 e. The van der Waals surface area contributed by atoms with Crippen molar-refractivity contribution in [3.8, 4) is 0 Å².